The quantitative estimate of drug-likeness (QED) is 0.737. The fourth-order valence-electron chi connectivity index (χ4n) is 1.82. The van der Waals surface area contributed by atoms with Crippen LogP contribution in [0.15, 0.2) is 46.9 Å². The molecule has 112 valence electrons. The number of nitrogens with zero attached hydrogens (tertiary/aromatic N) is 1. The topological polar surface area (TPSA) is 51.2 Å². The van der Waals surface area contributed by atoms with Crippen molar-refractivity contribution in [3.63, 3.8) is 0 Å². The smallest absolute Gasteiger partial charge is 0.264 e. The normalized spacial score (nSPS) is 10.6. The molecule has 2 aromatic carbocycles. The molecule has 0 radical (unpaired) electrons. The van der Waals surface area contributed by atoms with E-state index in [4.69, 9.17) is 4.74 Å². The first-order valence-electron chi connectivity index (χ1n) is 6.35. The number of benzene rings is 2. The number of aromatic nitrogens is 1. The number of para-hydroxylation sites is 1. The Kier molecular flexibility index (Phi) is 4.35. The maximum absolute atomic E-state index is 13.6. The minimum Gasteiger partial charge on any atom is -0.481 e. The number of carbonyl (C=O) groups is 1. The van der Waals surface area contributed by atoms with Gasteiger partial charge in [-0.05, 0) is 30.3 Å². The van der Waals surface area contributed by atoms with Crippen LogP contribution in [-0.2, 0) is 4.79 Å². The van der Waals surface area contributed by atoms with Gasteiger partial charge in [-0.2, -0.15) is 0 Å². The van der Waals surface area contributed by atoms with E-state index in [1.165, 1.54) is 23.5 Å². The maximum Gasteiger partial charge on any atom is 0.264 e. The Hall–Kier alpha value is -1.99. The van der Waals surface area contributed by atoms with Gasteiger partial charge in [-0.15, -0.1) is 0 Å². The fraction of sp³-hybridized carbons (Fsp3) is 0.0667. The molecule has 3 rings (SSSR count). The highest BCUT2D eigenvalue weighted by Crippen LogP contribution is 2.25. The lowest BCUT2D eigenvalue weighted by Crippen LogP contribution is -2.20. The van der Waals surface area contributed by atoms with Crippen molar-refractivity contribution in [3.8, 4) is 5.75 Å². The number of halogens is 2. The summed E-state index contributed by atoms with van der Waals surface area (Å²) in [5.41, 5.74) is 0.822. The Labute approximate surface area is 138 Å². The molecule has 0 aliphatic rings. The Balaban J connectivity index is 1.62. The highest BCUT2D eigenvalue weighted by atomic mass is 79.9. The minimum atomic E-state index is -0.526. The van der Waals surface area contributed by atoms with Crippen LogP contribution in [-0.4, -0.2) is 17.5 Å². The average Bonchev–Trinajstić information content (AvgIpc) is 2.88. The van der Waals surface area contributed by atoms with Gasteiger partial charge < -0.3 is 4.74 Å². The molecule has 0 bridgehead atoms. The molecule has 0 saturated heterocycles. The number of thiazole rings is 1. The highest BCUT2D eigenvalue weighted by Gasteiger charge is 2.10. The average molecular weight is 381 g/mol. The van der Waals surface area contributed by atoms with Crippen LogP contribution in [0.2, 0.25) is 0 Å². The summed E-state index contributed by atoms with van der Waals surface area (Å²) in [6.07, 6.45) is 0. The van der Waals surface area contributed by atoms with Crippen LogP contribution in [0.3, 0.4) is 0 Å². The third-order valence-electron chi connectivity index (χ3n) is 2.79. The summed E-state index contributed by atoms with van der Waals surface area (Å²) in [7, 11) is 0. The molecule has 1 heterocycles. The van der Waals surface area contributed by atoms with Crippen LogP contribution in [0.25, 0.3) is 10.2 Å². The van der Waals surface area contributed by atoms with Gasteiger partial charge in [-0.25, -0.2) is 9.37 Å². The lowest BCUT2D eigenvalue weighted by molar-refractivity contribution is -0.118. The van der Waals surface area contributed by atoms with E-state index >= 15 is 0 Å². The van der Waals surface area contributed by atoms with Gasteiger partial charge in [0.2, 0.25) is 0 Å². The molecule has 1 amide bonds. The Morgan fingerprint density at radius 1 is 1.32 bits per heavy atom. The summed E-state index contributed by atoms with van der Waals surface area (Å²) in [6, 6.07) is 12.0. The van der Waals surface area contributed by atoms with Crippen molar-refractivity contribution in [3.05, 3.63) is 52.8 Å². The molecule has 0 unspecified atom stereocenters. The van der Waals surface area contributed by atoms with Gasteiger partial charge in [0.05, 0.1) is 10.2 Å². The third-order valence-corrected chi connectivity index (χ3v) is 4.24. The Bertz CT molecular complexity index is 804. The van der Waals surface area contributed by atoms with Crippen LogP contribution in [0, 0.1) is 5.82 Å². The van der Waals surface area contributed by atoms with E-state index in [2.05, 4.69) is 26.2 Å². The second-order valence-electron chi connectivity index (χ2n) is 4.40. The number of hydrogen-bond donors (Lipinski definition) is 1. The van der Waals surface area contributed by atoms with Gasteiger partial charge >= 0.3 is 0 Å². The number of carbonyl (C=O) groups excluding carboxylic acids is 1. The standard InChI is InChI=1S/C15H10BrFN2O2S/c16-9-5-6-12(10(17)7-9)21-8-14(20)19-15-18-11-3-1-2-4-13(11)22-15/h1-7H,8H2,(H,18,19,20). The van der Waals surface area contributed by atoms with E-state index in [1.54, 1.807) is 6.07 Å². The van der Waals surface area contributed by atoms with Crippen LogP contribution < -0.4 is 10.1 Å². The van der Waals surface area contributed by atoms with Crippen LogP contribution in [0.5, 0.6) is 5.75 Å². The van der Waals surface area contributed by atoms with Crippen LogP contribution >= 0.6 is 27.3 Å². The van der Waals surface area contributed by atoms with E-state index in [1.807, 2.05) is 24.3 Å². The molecule has 7 heteroatoms. The predicted octanol–water partition coefficient (Wildman–Crippen LogP) is 4.22. The van der Waals surface area contributed by atoms with Gasteiger partial charge in [0.25, 0.3) is 5.91 Å². The monoisotopic (exact) mass is 380 g/mol. The fourth-order valence-corrected chi connectivity index (χ4v) is 3.03. The van der Waals surface area contributed by atoms with Crippen molar-refractivity contribution in [2.75, 3.05) is 11.9 Å². The van der Waals surface area contributed by atoms with Crippen LogP contribution in [0.4, 0.5) is 9.52 Å². The number of nitrogens with one attached hydrogen (secondary N) is 1. The summed E-state index contributed by atoms with van der Waals surface area (Å²) < 4.78 is 20.3. The first kappa shape index (κ1) is 14.9. The van der Waals surface area contributed by atoms with Crippen molar-refractivity contribution in [2.45, 2.75) is 0 Å². The zero-order valence-electron chi connectivity index (χ0n) is 11.2. The molecule has 1 N–H and O–H groups in total. The molecule has 22 heavy (non-hydrogen) atoms. The van der Waals surface area contributed by atoms with Gasteiger partial charge in [0, 0.05) is 4.47 Å². The Morgan fingerprint density at radius 2 is 2.14 bits per heavy atom. The first-order valence-corrected chi connectivity index (χ1v) is 7.96. The van der Waals surface area contributed by atoms with Crippen molar-refractivity contribution < 1.29 is 13.9 Å². The number of amides is 1. The van der Waals surface area contributed by atoms with Crippen molar-refractivity contribution in [1.82, 2.24) is 4.98 Å². The van der Waals surface area contributed by atoms with Gasteiger partial charge in [0.1, 0.15) is 0 Å². The van der Waals surface area contributed by atoms with Crippen molar-refractivity contribution in [1.29, 1.82) is 0 Å². The molecule has 0 saturated carbocycles. The molecule has 0 aliphatic heterocycles. The molecular formula is C15H10BrFN2O2S. The molecule has 3 aromatic rings. The molecule has 0 atom stereocenters. The molecule has 1 aromatic heterocycles. The largest absolute Gasteiger partial charge is 0.481 e. The SMILES string of the molecule is O=C(COc1ccc(Br)cc1F)Nc1nc2ccccc2s1. The number of fused-ring (bicyclic) bond motifs is 1. The van der Waals surface area contributed by atoms with E-state index in [0.717, 1.165) is 10.2 Å². The van der Waals surface area contributed by atoms with Crippen molar-refractivity contribution in [2.24, 2.45) is 0 Å². The number of ether oxygens (including phenoxy) is 1. The van der Waals surface area contributed by atoms with E-state index < -0.39 is 5.82 Å². The van der Waals surface area contributed by atoms with E-state index in [9.17, 15) is 9.18 Å². The summed E-state index contributed by atoms with van der Waals surface area (Å²) in [5, 5.41) is 3.14. The second-order valence-corrected chi connectivity index (χ2v) is 6.34. The second kappa shape index (κ2) is 6.41. The lowest BCUT2D eigenvalue weighted by atomic mass is 10.3. The molecule has 0 fully saturated rings. The van der Waals surface area contributed by atoms with E-state index in [0.29, 0.717) is 9.60 Å². The van der Waals surface area contributed by atoms with Gasteiger partial charge in [-0.1, -0.05) is 39.4 Å². The number of rotatable bonds is 4. The zero-order chi connectivity index (χ0) is 15.5. The zero-order valence-corrected chi connectivity index (χ0v) is 13.6. The third kappa shape index (κ3) is 3.42. The lowest BCUT2D eigenvalue weighted by Gasteiger charge is -2.06. The molecule has 0 spiro atoms. The minimum absolute atomic E-state index is 0.0302. The number of hydrogen-bond acceptors (Lipinski definition) is 4. The summed E-state index contributed by atoms with van der Waals surface area (Å²) in [4.78, 5) is 16.1. The molecular weight excluding hydrogens is 371 g/mol. The predicted molar refractivity (Wildman–Crippen MR) is 87.8 cm³/mol. The number of anilines is 1. The first-order chi connectivity index (χ1) is 10.6. The summed E-state index contributed by atoms with van der Waals surface area (Å²) in [6.45, 7) is -0.283. The molecule has 0 aliphatic carbocycles. The van der Waals surface area contributed by atoms with Crippen molar-refractivity contribution >= 4 is 48.5 Å². The van der Waals surface area contributed by atoms with Gasteiger partial charge in [-0.3, -0.25) is 10.1 Å². The summed E-state index contributed by atoms with van der Waals surface area (Å²) >= 11 is 4.53. The maximum atomic E-state index is 13.6. The van der Waals surface area contributed by atoms with Crippen LogP contribution in [0.1, 0.15) is 0 Å². The highest BCUT2D eigenvalue weighted by molar-refractivity contribution is 9.10. The van der Waals surface area contributed by atoms with E-state index in [-0.39, 0.29) is 18.3 Å². The molecule has 4 nitrogen and oxygen atoms in total. The van der Waals surface area contributed by atoms with Gasteiger partial charge in [0.15, 0.2) is 23.3 Å². The Morgan fingerprint density at radius 3 is 2.91 bits per heavy atom. The summed E-state index contributed by atoms with van der Waals surface area (Å²) in [5.74, 6) is -0.883.